The first-order valence-electron chi connectivity index (χ1n) is 5.60. The zero-order valence-corrected chi connectivity index (χ0v) is 9.51. The summed E-state index contributed by atoms with van der Waals surface area (Å²) in [6.45, 7) is 0.274. The Morgan fingerprint density at radius 3 is 2.61 bits per heavy atom. The van der Waals surface area contributed by atoms with Crippen molar-refractivity contribution in [2.24, 2.45) is 0 Å². The molecule has 0 radical (unpaired) electrons. The van der Waals surface area contributed by atoms with E-state index in [-0.39, 0.29) is 12.1 Å². The first-order valence-corrected chi connectivity index (χ1v) is 5.60. The van der Waals surface area contributed by atoms with Crippen molar-refractivity contribution < 1.29 is 0 Å². The largest absolute Gasteiger partial charge is 0.347 e. The van der Waals surface area contributed by atoms with Crippen LogP contribution in [0.4, 0.5) is 0 Å². The molecule has 0 fully saturated rings. The van der Waals surface area contributed by atoms with Crippen molar-refractivity contribution in [3.05, 3.63) is 69.0 Å². The maximum atomic E-state index is 12.1. The van der Waals surface area contributed by atoms with Gasteiger partial charge >= 0.3 is 5.69 Å². The molecule has 0 saturated carbocycles. The van der Waals surface area contributed by atoms with Gasteiger partial charge in [0, 0.05) is 6.20 Å². The van der Waals surface area contributed by atoms with Crippen molar-refractivity contribution in [1.29, 1.82) is 0 Å². The highest BCUT2D eigenvalue weighted by molar-refractivity contribution is 5.73. The van der Waals surface area contributed by atoms with Crippen molar-refractivity contribution in [2.75, 3.05) is 0 Å². The molecule has 0 saturated heterocycles. The van der Waals surface area contributed by atoms with E-state index < -0.39 is 5.69 Å². The molecule has 5 nitrogen and oxygen atoms in total. The van der Waals surface area contributed by atoms with Crippen molar-refractivity contribution >= 4 is 11.0 Å². The summed E-state index contributed by atoms with van der Waals surface area (Å²) >= 11 is 0. The molecule has 90 valence electrons. The molecule has 2 aromatic heterocycles. The molecule has 1 aromatic carbocycles. The predicted octanol–water partition coefficient (Wildman–Crippen LogP) is 1.07. The van der Waals surface area contributed by atoms with Crippen molar-refractivity contribution in [1.82, 2.24) is 14.5 Å². The van der Waals surface area contributed by atoms with E-state index in [1.165, 1.54) is 4.57 Å². The maximum absolute atomic E-state index is 12.1. The van der Waals surface area contributed by atoms with Crippen LogP contribution in [-0.4, -0.2) is 14.5 Å². The van der Waals surface area contributed by atoms with Gasteiger partial charge in [0.25, 0.3) is 5.56 Å². The van der Waals surface area contributed by atoms with Crippen LogP contribution < -0.4 is 11.2 Å². The Balaban J connectivity index is 2.18. The summed E-state index contributed by atoms with van der Waals surface area (Å²) in [5.41, 5.74) is 0.701. The van der Waals surface area contributed by atoms with Crippen LogP contribution in [-0.2, 0) is 6.54 Å². The number of aromatic amines is 2. The lowest BCUT2D eigenvalue weighted by molar-refractivity contribution is 0.711. The molecule has 0 atom stereocenters. The minimum Gasteiger partial charge on any atom is -0.347 e. The fraction of sp³-hybridized carbons (Fsp3) is 0.0769. The van der Waals surface area contributed by atoms with E-state index in [2.05, 4.69) is 9.97 Å². The van der Waals surface area contributed by atoms with Gasteiger partial charge < -0.3 is 4.98 Å². The minimum absolute atomic E-state index is 0.274. The molecule has 18 heavy (non-hydrogen) atoms. The number of nitrogens with zero attached hydrogens (tertiary/aromatic N) is 1. The van der Waals surface area contributed by atoms with E-state index in [9.17, 15) is 9.59 Å². The molecule has 0 unspecified atom stereocenters. The van der Waals surface area contributed by atoms with Crippen molar-refractivity contribution in [3.8, 4) is 0 Å². The van der Waals surface area contributed by atoms with E-state index in [1.807, 2.05) is 30.3 Å². The number of benzene rings is 1. The first-order chi connectivity index (χ1) is 8.75. The van der Waals surface area contributed by atoms with E-state index in [0.29, 0.717) is 11.0 Å². The molecule has 3 rings (SSSR count). The molecule has 0 amide bonds. The number of H-pyrrole nitrogens is 2. The van der Waals surface area contributed by atoms with Gasteiger partial charge in [0.1, 0.15) is 5.65 Å². The Hall–Kier alpha value is -2.56. The van der Waals surface area contributed by atoms with Crippen LogP contribution in [0.5, 0.6) is 0 Å². The SMILES string of the molecule is O=c1[nH]c2[nH]ccc2c(=O)n1Cc1ccccc1. The van der Waals surface area contributed by atoms with Gasteiger partial charge in [-0.3, -0.25) is 14.3 Å². The third kappa shape index (κ3) is 1.66. The summed E-state index contributed by atoms with van der Waals surface area (Å²) in [5.74, 6) is 0. The molecule has 0 aliphatic carbocycles. The van der Waals surface area contributed by atoms with E-state index in [1.54, 1.807) is 12.3 Å². The van der Waals surface area contributed by atoms with Gasteiger partial charge in [-0.2, -0.15) is 0 Å². The van der Waals surface area contributed by atoms with Crippen molar-refractivity contribution in [3.63, 3.8) is 0 Å². The Bertz CT molecular complexity index is 796. The predicted molar refractivity (Wildman–Crippen MR) is 68.7 cm³/mol. The van der Waals surface area contributed by atoms with Gasteiger partial charge in [-0.15, -0.1) is 0 Å². The quantitative estimate of drug-likeness (QED) is 0.704. The average Bonchev–Trinajstić information content (AvgIpc) is 2.84. The summed E-state index contributed by atoms with van der Waals surface area (Å²) in [7, 11) is 0. The van der Waals surface area contributed by atoms with Gasteiger partial charge in [-0.25, -0.2) is 4.79 Å². The van der Waals surface area contributed by atoms with E-state index in [0.717, 1.165) is 5.56 Å². The Morgan fingerprint density at radius 1 is 1.06 bits per heavy atom. The standard InChI is InChI=1S/C13H11N3O2/c17-12-10-6-7-14-11(10)15-13(18)16(12)8-9-4-2-1-3-5-9/h1-7,14H,8H2,(H,15,18). The highest BCUT2D eigenvalue weighted by Gasteiger charge is 2.08. The number of hydrogen-bond donors (Lipinski definition) is 2. The second-order valence-corrected chi connectivity index (χ2v) is 4.07. The first kappa shape index (κ1) is 10.6. The Morgan fingerprint density at radius 2 is 1.83 bits per heavy atom. The summed E-state index contributed by atoms with van der Waals surface area (Å²) in [6.07, 6.45) is 1.63. The molecule has 3 aromatic rings. The summed E-state index contributed by atoms with van der Waals surface area (Å²) in [5, 5.41) is 0.491. The lowest BCUT2D eigenvalue weighted by Crippen LogP contribution is -2.35. The van der Waals surface area contributed by atoms with E-state index in [4.69, 9.17) is 0 Å². The third-order valence-electron chi connectivity index (χ3n) is 2.88. The molecule has 0 aliphatic rings. The lowest BCUT2D eigenvalue weighted by atomic mass is 10.2. The molecule has 2 N–H and O–H groups in total. The minimum atomic E-state index is -0.404. The Labute approximate surface area is 102 Å². The normalized spacial score (nSPS) is 10.9. The van der Waals surface area contributed by atoms with Crippen LogP contribution in [0.3, 0.4) is 0 Å². The molecular formula is C13H11N3O2. The van der Waals surface area contributed by atoms with Crippen LogP contribution in [0.25, 0.3) is 11.0 Å². The maximum Gasteiger partial charge on any atom is 0.330 e. The highest BCUT2D eigenvalue weighted by Crippen LogP contribution is 2.02. The number of rotatable bonds is 2. The Kier molecular flexibility index (Phi) is 2.37. The summed E-state index contributed by atoms with van der Waals surface area (Å²) < 4.78 is 1.20. The van der Waals surface area contributed by atoms with Gasteiger partial charge in [0.15, 0.2) is 0 Å². The number of nitrogens with one attached hydrogen (secondary N) is 2. The van der Waals surface area contributed by atoms with Crippen LogP contribution in [0, 0.1) is 0 Å². The van der Waals surface area contributed by atoms with Gasteiger partial charge in [0.05, 0.1) is 11.9 Å². The van der Waals surface area contributed by atoms with Gasteiger partial charge in [-0.1, -0.05) is 30.3 Å². The fourth-order valence-corrected chi connectivity index (χ4v) is 1.97. The molecule has 0 spiro atoms. The zero-order chi connectivity index (χ0) is 12.5. The van der Waals surface area contributed by atoms with Gasteiger partial charge in [0.2, 0.25) is 0 Å². The highest BCUT2D eigenvalue weighted by atomic mass is 16.2. The van der Waals surface area contributed by atoms with Crippen molar-refractivity contribution in [2.45, 2.75) is 6.54 Å². The van der Waals surface area contributed by atoms with Crippen LogP contribution >= 0.6 is 0 Å². The molecule has 5 heteroatoms. The third-order valence-corrected chi connectivity index (χ3v) is 2.88. The summed E-state index contributed by atoms with van der Waals surface area (Å²) in [6, 6.07) is 11.1. The summed E-state index contributed by atoms with van der Waals surface area (Å²) in [4.78, 5) is 29.5. The monoisotopic (exact) mass is 241 g/mol. The van der Waals surface area contributed by atoms with Gasteiger partial charge in [-0.05, 0) is 11.6 Å². The smallest absolute Gasteiger partial charge is 0.330 e. The molecular weight excluding hydrogens is 230 g/mol. The molecule has 0 bridgehead atoms. The second-order valence-electron chi connectivity index (χ2n) is 4.07. The number of hydrogen-bond acceptors (Lipinski definition) is 2. The average molecular weight is 241 g/mol. The lowest BCUT2D eigenvalue weighted by Gasteiger charge is -2.04. The fourth-order valence-electron chi connectivity index (χ4n) is 1.97. The second kappa shape index (κ2) is 4.03. The number of aromatic nitrogens is 3. The topological polar surface area (TPSA) is 70.7 Å². The van der Waals surface area contributed by atoms with Crippen LogP contribution in [0.1, 0.15) is 5.56 Å². The molecule has 2 heterocycles. The van der Waals surface area contributed by atoms with E-state index >= 15 is 0 Å². The molecule has 0 aliphatic heterocycles. The van der Waals surface area contributed by atoms with Crippen LogP contribution in [0.15, 0.2) is 52.2 Å². The number of fused-ring (bicyclic) bond motifs is 1. The van der Waals surface area contributed by atoms with Crippen LogP contribution in [0.2, 0.25) is 0 Å². The zero-order valence-electron chi connectivity index (χ0n) is 9.51.